The molecule has 0 aromatic rings. The summed E-state index contributed by atoms with van der Waals surface area (Å²) in [7, 11) is 3.70. The third-order valence-electron chi connectivity index (χ3n) is 3.63. The second-order valence-corrected chi connectivity index (χ2v) is 5.13. The highest BCUT2D eigenvalue weighted by atomic mass is 16.2. The third-order valence-corrected chi connectivity index (χ3v) is 3.63. The molecule has 0 aromatic heterocycles. The van der Waals surface area contributed by atoms with Crippen molar-refractivity contribution >= 4 is 5.91 Å². The molecule has 3 heteroatoms. The Morgan fingerprint density at radius 1 is 1.07 bits per heavy atom. The number of likely N-dealkylation sites (N-methyl/N-ethyl adjacent to an activating group) is 1. The largest absolute Gasteiger partial charge is 0.348 e. The van der Waals surface area contributed by atoms with E-state index in [1.54, 1.807) is 4.90 Å². The van der Waals surface area contributed by atoms with Crippen LogP contribution in [0.1, 0.15) is 38.5 Å². The molecular formula is C12H22N2O. The molecular weight excluding hydrogens is 188 g/mol. The van der Waals surface area contributed by atoms with E-state index in [1.807, 2.05) is 14.1 Å². The number of carbonyl (C=O) groups excluding carboxylic acids is 1. The molecule has 2 fully saturated rings. The Balaban J connectivity index is 1.90. The SMILES string of the molecule is CN(C)C(=O)CN(C1CCCC1)C1CC1. The van der Waals surface area contributed by atoms with Crippen LogP contribution in [-0.4, -0.2) is 48.4 Å². The monoisotopic (exact) mass is 210 g/mol. The minimum Gasteiger partial charge on any atom is -0.348 e. The Labute approximate surface area is 92.4 Å². The molecule has 1 amide bonds. The van der Waals surface area contributed by atoms with Crippen molar-refractivity contribution in [3.63, 3.8) is 0 Å². The molecule has 3 nitrogen and oxygen atoms in total. The van der Waals surface area contributed by atoms with E-state index >= 15 is 0 Å². The number of nitrogens with zero attached hydrogens (tertiary/aromatic N) is 2. The highest BCUT2D eigenvalue weighted by molar-refractivity contribution is 5.77. The van der Waals surface area contributed by atoms with Crippen molar-refractivity contribution in [2.45, 2.75) is 50.6 Å². The summed E-state index contributed by atoms with van der Waals surface area (Å²) in [5, 5.41) is 0. The zero-order valence-corrected chi connectivity index (χ0v) is 9.91. The molecule has 2 aliphatic carbocycles. The van der Waals surface area contributed by atoms with E-state index in [0.717, 1.165) is 6.04 Å². The zero-order valence-electron chi connectivity index (χ0n) is 9.91. The highest BCUT2D eigenvalue weighted by Crippen LogP contribution is 2.34. The molecule has 0 aromatic carbocycles. The first-order valence-electron chi connectivity index (χ1n) is 6.14. The van der Waals surface area contributed by atoms with E-state index in [0.29, 0.717) is 12.6 Å². The zero-order chi connectivity index (χ0) is 10.8. The molecule has 0 N–H and O–H groups in total. The Kier molecular flexibility index (Phi) is 3.29. The lowest BCUT2D eigenvalue weighted by Crippen LogP contribution is -2.42. The van der Waals surface area contributed by atoms with Gasteiger partial charge in [0.15, 0.2) is 0 Å². The number of carbonyl (C=O) groups is 1. The molecule has 0 spiro atoms. The van der Waals surface area contributed by atoms with Crippen molar-refractivity contribution in [1.82, 2.24) is 9.80 Å². The summed E-state index contributed by atoms with van der Waals surface area (Å²) in [6.07, 6.45) is 7.91. The van der Waals surface area contributed by atoms with Gasteiger partial charge in [0.1, 0.15) is 0 Å². The van der Waals surface area contributed by atoms with Crippen LogP contribution in [0, 0.1) is 0 Å². The molecule has 0 saturated heterocycles. The van der Waals surface area contributed by atoms with Crippen molar-refractivity contribution in [1.29, 1.82) is 0 Å². The van der Waals surface area contributed by atoms with Crippen LogP contribution in [0.2, 0.25) is 0 Å². The van der Waals surface area contributed by atoms with Gasteiger partial charge in [-0.3, -0.25) is 9.69 Å². The summed E-state index contributed by atoms with van der Waals surface area (Å²) < 4.78 is 0. The molecule has 2 rings (SSSR count). The van der Waals surface area contributed by atoms with Gasteiger partial charge in [-0.15, -0.1) is 0 Å². The van der Waals surface area contributed by atoms with Crippen LogP contribution in [-0.2, 0) is 4.79 Å². The van der Waals surface area contributed by atoms with Gasteiger partial charge in [0.25, 0.3) is 0 Å². The van der Waals surface area contributed by atoms with Gasteiger partial charge in [-0.2, -0.15) is 0 Å². The summed E-state index contributed by atoms with van der Waals surface area (Å²) in [4.78, 5) is 15.9. The minimum absolute atomic E-state index is 0.258. The van der Waals surface area contributed by atoms with Crippen LogP contribution in [0.3, 0.4) is 0 Å². The second kappa shape index (κ2) is 4.52. The van der Waals surface area contributed by atoms with E-state index in [-0.39, 0.29) is 5.91 Å². The van der Waals surface area contributed by atoms with Crippen LogP contribution >= 0.6 is 0 Å². The van der Waals surface area contributed by atoms with Crippen LogP contribution in [0.25, 0.3) is 0 Å². The lowest BCUT2D eigenvalue weighted by atomic mass is 10.2. The normalized spacial score (nSPS) is 22.3. The van der Waals surface area contributed by atoms with Gasteiger partial charge in [0, 0.05) is 26.2 Å². The molecule has 0 heterocycles. The highest BCUT2D eigenvalue weighted by Gasteiger charge is 2.36. The van der Waals surface area contributed by atoms with Crippen LogP contribution in [0.4, 0.5) is 0 Å². The first-order chi connectivity index (χ1) is 7.18. The average molecular weight is 210 g/mol. The third kappa shape index (κ3) is 2.71. The lowest BCUT2D eigenvalue weighted by molar-refractivity contribution is -0.130. The van der Waals surface area contributed by atoms with Gasteiger partial charge < -0.3 is 4.90 Å². The van der Waals surface area contributed by atoms with Crippen molar-refractivity contribution in [2.75, 3.05) is 20.6 Å². The number of rotatable bonds is 4. The Morgan fingerprint density at radius 2 is 1.60 bits per heavy atom. The van der Waals surface area contributed by atoms with E-state index < -0.39 is 0 Å². The van der Waals surface area contributed by atoms with Crippen LogP contribution in [0.5, 0.6) is 0 Å². The van der Waals surface area contributed by atoms with E-state index in [2.05, 4.69) is 4.90 Å². The van der Waals surface area contributed by atoms with Crippen molar-refractivity contribution in [3.8, 4) is 0 Å². The maximum atomic E-state index is 11.7. The van der Waals surface area contributed by atoms with E-state index in [1.165, 1.54) is 38.5 Å². The van der Waals surface area contributed by atoms with E-state index in [9.17, 15) is 4.79 Å². The molecule has 2 saturated carbocycles. The van der Waals surface area contributed by atoms with Gasteiger partial charge in [-0.1, -0.05) is 12.8 Å². The molecule has 15 heavy (non-hydrogen) atoms. The summed E-state index contributed by atoms with van der Waals surface area (Å²) in [5.74, 6) is 0.258. The van der Waals surface area contributed by atoms with E-state index in [4.69, 9.17) is 0 Å². The number of hydrogen-bond donors (Lipinski definition) is 0. The summed E-state index contributed by atoms with van der Waals surface area (Å²) in [6.45, 7) is 0.641. The fourth-order valence-corrected chi connectivity index (χ4v) is 2.50. The molecule has 86 valence electrons. The maximum absolute atomic E-state index is 11.7. The first-order valence-corrected chi connectivity index (χ1v) is 6.14. The predicted octanol–water partition coefficient (Wildman–Crippen LogP) is 1.48. The number of hydrogen-bond acceptors (Lipinski definition) is 2. The standard InChI is InChI=1S/C12H22N2O/c1-13(2)12(15)9-14(11-7-8-11)10-5-3-4-6-10/h10-11H,3-9H2,1-2H3. The fourth-order valence-electron chi connectivity index (χ4n) is 2.50. The van der Waals surface area contributed by atoms with Gasteiger partial charge in [-0.25, -0.2) is 0 Å². The number of amides is 1. The quantitative estimate of drug-likeness (QED) is 0.701. The van der Waals surface area contributed by atoms with Gasteiger partial charge in [0.05, 0.1) is 6.54 Å². The Morgan fingerprint density at radius 3 is 2.07 bits per heavy atom. The van der Waals surface area contributed by atoms with Gasteiger partial charge >= 0.3 is 0 Å². The minimum atomic E-state index is 0.258. The Hall–Kier alpha value is -0.570. The van der Waals surface area contributed by atoms with Crippen LogP contribution < -0.4 is 0 Å². The van der Waals surface area contributed by atoms with Crippen molar-refractivity contribution in [2.24, 2.45) is 0 Å². The van der Waals surface area contributed by atoms with Crippen LogP contribution in [0.15, 0.2) is 0 Å². The molecule has 2 aliphatic rings. The van der Waals surface area contributed by atoms with Crippen molar-refractivity contribution < 1.29 is 4.79 Å². The Bertz CT molecular complexity index is 230. The average Bonchev–Trinajstić information content (AvgIpc) is 2.89. The van der Waals surface area contributed by atoms with Crippen molar-refractivity contribution in [3.05, 3.63) is 0 Å². The smallest absolute Gasteiger partial charge is 0.236 e. The molecule has 0 radical (unpaired) electrons. The fraction of sp³-hybridized carbons (Fsp3) is 0.917. The second-order valence-electron chi connectivity index (χ2n) is 5.13. The molecule has 0 aliphatic heterocycles. The summed E-state index contributed by atoms with van der Waals surface area (Å²) >= 11 is 0. The molecule has 0 unspecified atom stereocenters. The maximum Gasteiger partial charge on any atom is 0.236 e. The van der Waals surface area contributed by atoms with Gasteiger partial charge in [-0.05, 0) is 25.7 Å². The summed E-state index contributed by atoms with van der Waals surface area (Å²) in [6, 6.07) is 1.42. The summed E-state index contributed by atoms with van der Waals surface area (Å²) in [5.41, 5.74) is 0. The lowest BCUT2D eigenvalue weighted by Gasteiger charge is -2.29. The molecule has 0 bridgehead atoms. The first kappa shape index (κ1) is 10.9. The van der Waals surface area contributed by atoms with Gasteiger partial charge in [0.2, 0.25) is 5.91 Å². The molecule has 0 atom stereocenters. The predicted molar refractivity (Wildman–Crippen MR) is 60.7 cm³/mol. The topological polar surface area (TPSA) is 23.6 Å².